The molecule has 1 aromatic carbocycles. The number of esters is 1. The second kappa shape index (κ2) is 12.1. The van der Waals surface area contributed by atoms with Gasteiger partial charge in [-0.3, -0.25) is 0 Å². The summed E-state index contributed by atoms with van der Waals surface area (Å²) in [6.45, 7) is 5.76. The minimum Gasteiger partial charge on any atom is -0.487 e. The third-order valence-electron chi connectivity index (χ3n) is 6.80. The van der Waals surface area contributed by atoms with Gasteiger partial charge in [0.1, 0.15) is 19.8 Å². The Labute approximate surface area is 186 Å². The monoisotopic (exact) mass is 430 g/mol. The van der Waals surface area contributed by atoms with Crippen LogP contribution in [-0.4, -0.2) is 37.5 Å². The molecule has 31 heavy (non-hydrogen) atoms. The van der Waals surface area contributed by atoms with Crippen molar-refractivity contribution in [3.05, 3.63) is 35.9 Å². The molecule has 0 bridgehead atoms. The normalized spacial score (nSPS) is 22.0. The lowest BCUT2D eigenvalue weighted by atomic mass is 9.70. The van der Waals surface area contributed by atoms with Gasteiger partial charge in [0, 0.05) is 5.57 Å². The summed E-state index contributed by atoms with van der Waals surface area (Å²) in [7, 11) is 0. The number of ether oxygens (including phenoxy) is 3. The summed E-state index contributed by atoms with van der Waals surface area (Å²) >= 11 is 0. The van der Waals surface area contributed by atoms with E-state index in [1.165, 1.54) is 63.4 Å². The molecular weight excluding hydrogens is 392 g/mol. The van der Waals surface area contributed by atoms with Crippen molar-refractivity contribution < 1.29 is 24.1 Å². The summed E-state index contributed by atoms with van der Waals surface area (Å²) in [6.07, 6.45) is 12.2. The molecule has 0 saturated heterocycles. The van der Waals surface area contributed by atoms with Gasteiger partial charge in [0.25, 0.3) is 0 Å². The average Bonchev–Trinajstić information content (AvgIpc) is 2.81. The van der Waals surface area contributed by atoms with Crippen molar-refractivity contribution in [2.24, 2.45) is 11.8 Å². The Bertz CT molecular complexity index is 715. The molecule has 1 N–H and O–H groups in total. The van der Waals surface area contributed by atoms with Crippen molar-refractivity contribution in [3.63, 3.8) is 0 Å². The lowest BCUT2D eigenvalue weighted by molar-refractivity contribution is -0.139. The average molecular weight is 431 g/mol. The largest absolute Gasteiger partial charge is 0.487 e. The maximum atomic E-state index is 11.5. The van der Waals surface area contributed by atoms with Crippen molar-refractivity contribution >= 4 is 5.97 Å². The summed E-state index contributed by atoms with van der Waals surface area (Å²) in [5.74, 6) is 3.25. The highest BCUT2D eigenvalue weighted by Gasteiger charge is 2.29. The summed E-state index contributed by atoms with van der Waals surface area (Å²) in [5, 5.41) is 9.10. The Hall–Kier alpha value is -2.01. The second-order valence-corrected chi connectivity index (χ2v) is 9.05. The summed E-state index contributed by atoms with van der Waals surface area (Å²) in [6, 6.07) is 6.14. The maximum absolute atomic E-state index is 11.5. The molecule has 0 heterocycles. The molecule has 0 radical (unpaired) electrons. The molecule has 3 rings (SSSR count). The number of carbonyl (C=O) groups excluding carboxylic acids is 1. The molecule has 0 aromatic heterocycles. The van der Waals surface area contributed by atoms with Crippen LogP contribution < -0.4 is 9.47 Å². The molecule has 0 spiro atoms. The molecule has 0 amide bonds. The van der Waals surface area contributed by atoms with E-state index in [0.29, 0.717) is 23.0 Å². The van der Waals surface area contributed by atoms with E-state index in [1.54, 1.807) is 6.92 Å². The van der Waals surface area contributed by atoms with Crippen LogP contribution in [0.25, 0.3) is 0 Å². The number of carbonyl (C=O) groups is 1. The quantitative estimate of drug-likeness (QED) is 0.305. The predicted octanol–water partition coefficient (Wildman–Crippen LogP) is 5.41. The molecule has 0 aliphatic heterocycles. The number of benzene rings is 1. The zero-order valence-electron chi connectivity index (χ0n) is 18.9. The third-order valence-corrected chi connectivity index (χ3v) is 6.80. The van der Waals surface area contributed by atoms with Crippen LogP contribution in [0.2, 0.25) is 0 Å². The molecule has 5 nitrogen and oxygen atoms in total. The van der Waals surface area contributed by atoms with E-state index < -0.39 is 5.97 Å². The first-order chi connectivity index (χ1) is 15.1. The lowest BCUT2D eigenvalue weighted by Gasteiger charge is -2.36. The van der Waals surface area contributed by atoms with E-state index in [4.69, 9.17) is 19.3 Å². The van der Waals surface area contributed by atoms with Crippen LogP contribution in [-0.2, 0) is 9.53 Å². The minimum atomic E-state index is -0.413. The van der Waals surface area contributed by atoms with Crippen molar-refractivity contribution in [1.82, 2.24) is 0 Å². The standard InChI is InChI=1S/C26H38O5/c1-19(2)26(28)31-17-16-30-25-18-23(12-13-24(25)29-15-14-27)22-10-8-21(9-11-22)20-6-4-3-5-7-20/h12-13,18,20-22,27H,1,3-11,14-17H2,2H3. The fourth-order valence-corrected chi connectivity index (χ4v) is 5.10. The van der Waals surface area contributed by atoms with Crippen LogP contribution in [0.3, 0.4) is 0 Å². The fourth-order valence-electron chi connectivity index (χ4n) is 5.10. The Morgan fingerprint density at radius 1 is 0.935 bits per heavy atom. The molecule has 0 unspecified atom stereocenters. The number of aliphatic hydroxyl groups excluding tert-OH is 1. The molecule has 2 fully saturated rings. The smallest absolute Gasteiger partial charge is 0.333 e. The van der Waals surface area contributed by atoms with E-state index in [0.717, 1.165) is 11.8 Å². The van der Waals surface area contributed by atoms with E-state index in [-0.39, 0.29) is 26.4 Å². The van der Waals surface area contributed by atoms with Gasteiger partial charge in [-0.25, -0.2) is 4.79 Å². The Kier molecular flexibility index (Phi) is 9.26. The molecule has 2 saturated carbocycles. The molecule has 2 aliphatic carbocycles. The number of hydrogen-bond donors (Lipinski definition) is 1. The van der Waals surface area contributed by atoms with Gasteiger partial charge in [-0.2, -0.15) is 0 Å². The van der Waals surface area contributed by atoms with E-state index in [2.05, 4.69) is 18.7 Å². The lowest BCUT2D eigenvalue weighted by Crippen LogP contribution is -2.23. The molecular formula is C26H38O5. The highest BCUT2D eigenvalue weighted by atomic mass is 16.6. The Balaban J connectivity index is 1.58. The minimum absolute atomic E-state index is 0.0530. The van der Waals surface area contributed by atoms with Crippen LogP contribution in [0.4, 0.5) is 0 Å². The van der Waals surface area contributed by atoms with E-state index in [9.17, 15) is 4.79 Å². The topological polar surface area (TPSA) is 65.0 Å². The second-order valence-electron chi connectivity index (χ2n) is 9.05. The van der Waals surface area contributed by atoms with Crippen LogP contribution >= 0.6 is 0 Å². The Morgan fingerprint density at radius 3 is 2.29 bits per heavy atom. The molecule has 172 valence electrons. The molecule has 2 aliphatic rings. The zero-order chi connectivity index (χ0) is 22.1. The van der Waals surface area contributed by atoms with Crippen LogP contribution in [0.15, 0.2) is 30.4 Å². The van der Waals surface area contributed by atoms with Gasteiger partial charge in [-0.05, 0) is 68.1 Å². The van der Waals surface area contributed by atoms with Crippen molar-refractivity contribution in [3.8, 4) is 11.5 Å². The summed E-state index contributed by atoms with van der Waals surface area (Å²) in [4.78, 5) is 11.5. The molecule has 0 atom stereocenters. The first-order valence-electron chi connectivity index (χ1n) is 11.9. The van der Waals surface area contributed by atoms with Gasteiger partial charge in [-0.15, -0.1) is 0 Å². The van der Waals surface area contributed by atoms with E-state index in [1.807, 2.05) is 6.07 Å². The van der Waals surface area contributed by atoms with Gasteiger partial charge in [-0.1, -0.05) is 44.7 Å². The Morgan fingerprint density at radius 2 is 1.61 bits per heavy atom. The van der Waals surface area contributed by atoms with Crippen LogP contribution in [0.1, 0.15) is 76.2 Å². The first kappa shape index (κ1) is 23.6. The van der Waals surface area contributed by atoms with Crippen LogP contribution in [0, 0.1) is 11.8 Å². The molecule has 1 aromatic rings. The zero-order valence-corrected chi connectivity index (χ0v) is 18.9. The maximum Gasteiger partial charge on any atom is 0.333 e. The van der Waals surface area contributed by atoms with Gasteiger partial charge in [0.05, 0.1) is 6.61 Å². The van der Waals surface area contributed by atoms with Gasteiger partial charge in [0.2, 0.25) is 0 Å². The van der Waals surface area contributed by atoms with Gasteiger partial charge in [0.15, 0.2) is 11.5 Å². The fraction of sp³-hybridized carbons (Fsp3) is 0.654. The summed E-state index contributed by atoms with van der Waals surface area (Å²) < 4.78 is 16.7. The predicted molar refractivity (Wildman–Crippen MR) is 122 cm³/mol. The number of aliphatic hydroxyl groups is 1. The third kappa shape index (κ3) is 6.99. The number of rotatable bonds is 10. The van der Waals surface area contributed by atoms with Crippen molar-refractivity contribution in [2.45, 2.75) is 70.6 Å². The highest BCUT2D eigenvalue weighted by molar-refractivity contribution is 5.86. The SMILES string of the molecule is C=C(C)C(=O)OCCOc1cc(C2CCC(C3CCCCC3)CC2)ccc1OCCO. The summed E-state index contributed by atoms with van der Waals surface area (Å²) in [5.41, 5.74) is 1.66. The van der Waals surface area contributed by atoms with Crippen molar-refractivity contribution in [1.29, 1.82) is 0 Å². The highest BCUT2D eigenvalue weighted by Crippen LogP contribution is 2.44. The first-order valence-corrected chi connectivity index (χ1v) is 11.9. The van der Waals surface area contributed by atoms with Gasteiger partial charge < -0.3 is 19.3 Å². The number of hydrogen-bond acceptors (Lipinski definition) is 5. The van der Waals surface area contributed by atoms with Gasteiger partial charge >= 0.3 is 5.97 Å². The van der Waals surface area contributed by atoms with E-state index >= 15 is 0 Å². The van der Waals surface area contributed by atoms with Crippen molar-refractivity contribution in [2.75, 3.05) is 26.4 Å². The molecule has 5 heteroatoms. The van der Waals surface area contributed by atoms with Crippen LogP contribution in [0.5, 0.6) is 11.5 Å².